The highest BCUT2D eigenvalue weighted by Crippen LogP contribution is 2.29. The van der Waals surface area contributed by atoms with Gasteiger partial charge >= 0.3 is 0 Å². The number of rotatable bonds is 1. The molecule has 0 aliphatic carbocycles. The Balaban J connectivity index is 2.35. The summed E-state index contributed by atoms with van der Waals surface area (Å²) in [5.41, 5.74) is 1.68. The molecule has 0 spiro atoms. The molecule has 0 aliphatic heterocycles. The molecular formula is C15H9NO. The summed E-state index contributed by atoms with van der Waals surface area (Å²) in [7, 11) is 0. The zero-order valence-electron chi connectivity index (χ0n) is 9.05. The van der Waals surface area contributed by atoms with Crippen LogP contribution in [0.15, 0.2) is 59.2 Å². The molecule has 0 saturated heterocycles. The van der Waals surface area contributed by atoms with Crippen LogP contribution in [0.2, 0.25) is 0 Å². The topological polar surface area (TPSA) is 36.9 Å². The lowest BCUT2D eigenvalue weighted by Gasteiger charge is -2.04. The van der Waals surface area contributed by atoms with Crippen molar-refractivity contribution in [3.8, 4) is 17.4 Å². The molecule has 1 aromatic heterocycles. The summed E-state index contributed by atoms with van der Waals surface area (Å²) in [4.78, 5) is 0. The minimum absolute atomic E-state index is 0.663. The molecule has 2 aromatic carbocycles. The predicted octanol–water partition coefficient (Wildman–Crippen LogP) is 3.97. The fraction of sp³-hybridized carbons (Fsp3) is 0. The van der Waals surface area contributed by atoms with Crippen molar-refractivity contribution in [3.63, 3.8) is 0 Å². The first-order chi connectivity index (χ1) is 8.38. The number of furan rings is 1. The molecule has 0 bridgehead atoms. The maximum absolute atomic E-state index is 8.95. The van der Waals surface area contributed by atoms with E-state index in [0.29, 0.717) is 5.56 Å². The van der Waals surface area contributed by atoms with E-state index in [1.165, 1.54) is 0 Å². The number of hydrogen-bond donors (Lipinski definition) is 0. The van der Waals surface area contributed by atoms with Gasteiger partial charge < -0.3 is 4.42 Å². The van der Waals surface area contributed by atoms with Gasteiger partial charge in [-0.2, -0.15) is 5.26 Å². The van der Waals surface area contributed by atoms with E-state index in [1.807, 2.05) is 48.5 Å². The third-order valence-corrected chi connectivity index (χ3v) is 2.80. The summed E-state index contributed by atoms with van der Waals surface area (Å²) in [5, 5.41) is 11.1. The van der Waals surface area contributed by atoms with Gasteiger partial charge in [-0.25, -0.2) is 0 Å². The molecule has 0 N–H and O–H groups in total. The number of hydrogen-bond acceptors (Lipinski definition) is 2. The second-order valence-corrected chi connectivity index (χ2v) is 3.83. The quantitative estimate of drug-likeness (QED) is 0.620. The van der Waals surface area contributed by atoms with E-state index >= 15 is 0 Å². The van der Waals surface area contributed by atoms with Crippen molar-refractivity contribution >= 4 is 10.8 Å². The molecule has 80 valence electrons. The number of nitriles is 1. The minimum atomic E-state index is 0.663. The van der Waals surface area contributed by atoms with E-state index in [1.54, 1.807) is 6.26 Å². The van der Waals surface area contributed by atoms with E-state index in [4.69, 9.17) is 9.68 Å². The van der Waals surface area contributed by atoms with Gasteiger partial charge in [-0.3, -0.25) is 0 Å². The first kappa shape index (κ1) is 9.68. The zero-order chi connectivity index (χ0) is 11.7. The molecule has 0 fully saturated rings. The lowest BCUT2D eigenvalue weighted by Crippen LogP contribution is -1.81. The molecule has 0 atom stereocenters. The Hall–Kier alpha value is -2.53. The average molecular weight is 219 g/mol. The molecule has 3 aromatic rings. The maximum atomic E-state index is 8.95. The van der Waals surface area contributed by atoms with Crippen LogP contribution in [-0.4, -0.2) is 0 Å². The SMILES string of the molecule is N#Cc1ccc2cccc(-c3ccco3)c2c1. The minimum Gasteiger partial charge on any atom is -0.464 e. The third-order valence-electron chi connectivity index (χ3n) is 2.80. The summed E-state index contributed by atoms with van der Waals surface area (Å²) in [6.07, 6.45) is 1.66. The summed E-state index contributed by atoms with van der Waals surface area (Å²) < 4.78 is 5.42. The van der Waals surface area contributed by atoms with Crippen LogP contribution in [0.4, 0.5) is 0 Å². The predicted molar refractivity (Wildman–Crippen MR) is 66.4 cm³/mol. The fourth-order valence-corrected chi connectivity index (χ4v) is 1.99. The van der Waals surface area contributed by atoms with Gasteiger partial charge in [-0.1, -0.05) is 24.3 Å². The molecule has 0 aliphatic rings. The van der Waals surface area contributed by atoms with Crippen molar-refractivity contribution in [2.45, 2.75) is 0 Å². The van der Waals surface area contributed by atoms with Crippen molar-refractivity contribution < 1.29 is 4.42 Å². The molecule has 0 saturated carbocycles. The van der Waals surface area contributed by atoms with E-state index in [2.05, 4.69) is 6.07 Å². The standard InChI is InChI=1S/C15H9NO/c16-10-11-6-7-12-3-1-4-13(14(12)9-11)15-5-2-8-17-15/h1-9H. The van der Waals surface area contributed by atoms with Crippen molar-refractivity contribution in [2.75, 3.05) is 0 Å². The van der Waals surface area contributed by atoms with Gasteiger partial charge in [-0.15, -0.1) is 0 Å². The van der Waals surface area contributed by atoms with Crippen molar-refractivity contribution in [2.24, 2.45) is 0 Å². The second kappa shape index (κ2) is 3.80. The highest BCUT2D eigenvalue weighted by molar-refractivity contribution is 5.96. The van der Waals surface area contributed by atoms with E-state index in [9.17, 15) is 0 Å². The summed E-state index contributed by atoms with van der Waals surface area (Å²) in [5.74, 6) is 0.825. The van der Waals surface area contributed by atoms with Crippen LogP contribution in [0, 0.1) is 11.3 Å². The largest absolute Gasteiger partial charge is 0.464 e. The van der Waals surface area contributed by atoms with Crippen LogP contribution >= 0.6 is 0 Å². The highest BCUT2D eigenvalue weighted by Gasteiger charge is 2.06. The normalized spacial score (nSPS) is 10.3. The number of benzene rings is 2. The highest BCUT2D eigenvalue weighted by atomic mass is 16.3. The lowest BCUT2D eigenvalue weighted by molar-refractivity contribution is 0.583. The maximum Gasteiger partial charge on any atom is 0.134 e. The van der Waals surface area contributed by atoms with Crippen molar-refractivity contribution in [1.29, 1.82) is 5.26 Å². The Labute approximate surface area is 98.7 Å². The Morgan fingerprint density at radius 3 is 2.71 bits per heavy atom. The summed E-state index contributed by atoms with van der Waals surface area (Å²) in [6.45, 7) is 0. The molecule has 2 heteroatoms. The first-order valence-corrected chi connectivity index (χ1v) is 5.35. The van der Waals surface area contributed by atoms with Gasteiger partial charge in [0.2, 0.25) is 0 Å². The fourth-order valence-electron chi connectivity index (χ4n) is 1.99. The van der Waals surface area contributed by atoms with E-state index in [0.717, 1.165) is 22.1 Å². The van der Waals surface area contributed by atoms with Crippen LogP contribution in [-0.2, 0) is 0 Å². The molecule has 17 heavy (non-hydrogen) atoms. The van der Waals surface area contributed by atoms with Gasteiger partial charge in [0.1, 0.15) is 5.76 Å². The molecular weight excluding hydrogens is 210 g/mol. The average Bonchev–Trinajstić information content (AvgIpc) is 2.91. The third kappa shape index (κ3) is 1.58. The van der Waals surface area contributed by atoms with E-state index in [-0.39, 0.29) is 0 Å². The van der Waals surface area contributed by atoms with Gasteiger partial charge in [0.15, 0.2) is 0 Å². The lowest BCUT2D eigenvalue weighted by atomic mass is 10.0. The van der Waals surface area contributed by atoms with Crippen LogP contribution in [0.1, 0.15) is 5.56 Å². The van der Waals surface area contributed by atoms with Crippen molar-refractivity contribution in [1.82, 2.24) is 0 Å². The van der Waals surface area contributed by atoms with Crippen molar-refractivity contribution in [3.05, 3.63) is 60.4 Å². The van der Waals surface area contributed by atoms with Crippen LogP contribution < -0.4 is 0 Å². The first-order valence-electron chi connectivity index (χ1n) is 5.35. The molecule has 2 nitrogen and oxygen atoms in total. The Morgan fingerprint density at radius 2 is 1.94 bits per heavy atom. The van der Waals surface area contributed by atoms with Gasteiger partial charge in [-0.05, 0) is 35.0 Å². The van der Waals surface area contributed by atoms with E-state index < -0.39 is 0 Å². The zero-order valence-corrected chi connectivity index (χ0v) is 9.05. The van der Waals surface area contributed by atoms with Crippen LogP contribution in [0.3, 0.4) is 0 Å². The van der Waals surface area contributed by atoms with Gasteiger partial charge in [0.05, 0.1) is 17.9 Å². The molecule has 0 amide bonds. The number of nitrogens with zero attached hydrogens (tertiary/aromatic N) is 1. The Bertz CT molecular complexity index is 705. The molecule has 1 heterocycles. The monoisotopic (exact) mass is 219 g/mol. The molecule has 0 unspecified atom stereocenters. The number of fused-ring (bicyclic) bond motifs is 1. The molecule has 3 rings (SSSR count). The molecule has 0 radical (unpaired) electrons. The van der Waals surface area contributed by atoms with Gasteiger partial charge in [0.25, 0.3) is 0 Å². The summed E-state index contributed by atoms with van der Waals surface area (Å²) >= 11 is 0. The van der Waals surface area contributed by atoms with Gasteiger partial charge in [0, 0.05) is 5.56 Å². The smallest absolute Gasteiger partial charge is 0.134 e. The summed E-state index contributed by atoms with van der Waals surface area (Å²) in [6, 6.07) is 17.7. The second-order valence-electron chi connectivity index (χ2n) is 3.83. The Morgan fingerprint density at radius 1 is 1.00 bits per heavy atom. The van der Waals surface area contributed by atoms with Crippen LogP contribution in [0.25, 0.3) is 22.1 Å². The Kier molecular flexibility index (Phi) is 2.16. The van der Waals surface area contributed by atoms with Crippen LogP contribution in [0.5, 0.6) is 0 Å².